The van der Waals surface area contributed by atoms with Gasteiger partial charge >= 0.3 is 5.97 Å². The number of hydrogen-bond donors (Lipinski definition) is 0. The molecule has 1 aliphatic heterocycles. The van der Waals surface area contributed by atoms with E-state index in [0.717, 1.165) is 16.7 Å². The highest BCUT2D eigenvalue weighted by Gasteiger charge is 2.36. The fourth-order valence-electron chi connectivity index (χ4n) is 3.44. The summed E-state index contributed by atoms with van der Waals surface area (Å²) in [5, 5.41) is 0. The van der Waals surface area contributed by atoms with Gasteiger partial charge in [0.1, 0.15) is 6.61 Å². The van der Waals surface area contributed by atoms with Gasteiger partial charge in [0.2, 0.25) is 5.91 Å². The van der Waals surface area contributed by atoms with Gasteiger partial charge in [-0.15, -0.1) is 6.42 Å². The molecule has 1 heterocycles. The van der Waals surface area contributed by atoms with Crippen LogP contribution < -0.4 is 0 Å². The zero-order valence-corrected chi connectivity index (χ0v) is 16.1. The average molecular weight is 373 g/mol. The van der Waals surface area contributed by atoms with Crippen molar-refractivity contribution in [3.63, 3.8) is 0 Å². The topological polar surface area (TPSA) is 46.6 Å². The predicted octanol–water partition coefficient (Wildman–Crippen LogP) is 3.96. The second-order valence-electron chi connectivity index (χ2n) is 6.91. The summed E-state index contributed by atoms with van der Waals surface area (Å²) in [7, 11) is 0. The number of nitrogens with zero attached hydrogens (tertiary/aromatic N) is 1. The van der Waals surface area contributed by atoms with Crippen LogP contribution in [0.2, 0.25) is 0 Å². The van der Waals surface area contributed by atoms with Crippen LogP contribution in [0.25, 0.3) is 0 Å². The number of rotatable bonds is 5. The summed E-state index contributed by atoms with van der Waals surface area (Å²) in [5.41, 5.74) is 4.01. The van der Waals surface area contributed by atoms with Gasteiger partial charge in [0.15, 0.2) is 0 Å². The van der Waals surface area contributed by atoms with Crippen molar-refractivity contribution < 1.29 is 14.3 Å². The highest BCUT2D eigenvalue weighted by atomic mass is 16.5. The molecule has 1 amide bonds. The Morgan fingerprint density at radius 2 is 1.82 bits per heavy atom. The molecule has 0 bridgehead atoms. The summed E-state index contributed by atoms with van der Waals surface area (Å²) < 4.78 is 5.59. The Labute approximate surface area is 165 Å². The molecule has 0 saturated carbocycles. The molecule has 1 atom stereocenters. The average Bonchev–Trinajstić information content (AvgIpc) is 2.70. The van der Waals surface area contributed by atoms with Gasteiger partial charge in [-0.1, -0.05) is 66.1 Å². The number of carbonyl (C=O) groups is 2. The van der Waals surface area contributed by atoms with E-state index in [2.05, 4.69) is 5.92 Å². The number of allylic oxidation sites excluding steroid dienone is 1. The SMILES string of the molecule is C#CCN1C(=O)CC(c2ccc(C)cc2)C(C(=O)OCc2ccccc2)=C1C. The molecule has 0 aliphatic carbocycles. The smallest absolute Gasteiger partial charge is 0.336 e. The molecule has 0 N–H and O–H groups in total. The first-order valence-corrected chi connectivity index (χ1v) is 9.23. The Hall–Kier alpha value is -3.32. The maximum Gasteiger partial charge on any atom is 0.336 e. The maximum atomic E-state index is 13.0. The van der Waals surface area contributed by atoms with Gasteiger partial charge in [-0.05, 0) is 25.0 Å². The zero-order valence-electron chi connectivity index (χ0n) is 16.1. The van der Waals surface area contributed by atoms with Crippen molar-refractivity contribution in [2.75, 3.05) is 6.54 Å². The van der Waals surface area contributed by atoms with E-state index in [1.54, 1.807) is 6.92 Å². The van der Waals surface area contributed by atoms with Crippen molar-refractivity contribution in [1.29, 1.82) is 0 Å². The normalized spacial score (nSPS) is 16.7. The van der Waals surface area contributed by atoms with Crippen LogP contribution in [0.3, 0.4) is 0 Å². The van der Waals surface area contributed by atoms with Crippen LogP contribution in [0.1, 0.15) is 36.0 Å². The molecule has 2 aromatic carbocycles. The summed E-state index contributed by atoms with van der Waals surface area (Å²) in [4.78, 5) is 27.1. The first kappa shape index (κ1) is 19.4. The van der Waals surface area contributed by atoms with Crippen molar-refractivity contribution in [2.45, 2.75) is 32.8 Å². The van der Waals surface area contributed by atoms with Crippen molar-refractivity contribution >= 4 is 11.9 Å². The lowest BCUT2D eigenvalue weighted by Gasteiger charge is -2.33. The number of ether oxygens (including phenoxy) is 1. The lowest BCUT2D eigenvalue weighted by molar-refractivity contribution is -0.141. The lowest BCUT2D eigenvalue weighted by atomic mass is 9.83. The van der Waals surface area contributed by atoms with Gasteiger partial charge in [-0.25, -0.2) is 4.79 Å². The van der Waals surface area contributed by atoms with Crippen LogP contribution in [-0.2, 0) is 20.9 Å². The molecule has 0 fully saturated rings. The lowest BCUT2D eigenvalue weighted by Crippen LogP contribution is -2.38. The minimum Gasteiger partial charge on any atom is -0.457 e. The Kier molecular flexibility index (Phi) is 5.96. The van der Waals surface area contributed by atoms with Crippen LogP contribution in [0.15, 0.2) is 65.9 Å². The van der Waals surface area contributed by atoms with Gasteiger partial charge in [-0.2, -0.15) is 0 Å². The first-order chi connectivity index (χ1) is 13.5. The largest absolute Gasteiger partial charge is 0.457 e. The van der Waals surface area contributed by atoms with Crippen LogP contribution in [0.5, 0.6) is 0 Å². The second kappa shape index (κ2) is 8.58. The van der Waals surface area contributed by atoms with Gasteiger partial charge in [0.25, 0.3) is 0 Å². The minimum absolute atomic E-state index is 0.0827. The third kappa shape index (κ3) is 4.15. The summed E-state index contributed by atoms with van der Waals surface area (Å²) in [6.45, 7) is 4.08. The Morgan fingerprint density at radius 1 is 1.14 bits per heavy atom. The molecule has 3 rings (SSSR count). The summed E-state index contributed by atoms with van der Waals surface area (Å²) >= 11 is 0. The van der Waals surface area contributed by atoms with Gasteiger partial charge < -0.3 is 9.64 Å². The number of hydrogen-bond acceptors (Lipinski definition) is 3. The molecule has 0 saturated heterocycles. The van der Waals surface area contributed by atoms with E-state index in [0.29, 0.717) is 11.3 Å². The fourth-order valence-corrected chi connectivity index (χ4v) is 3.44. The fraction of sp³-hybridized carbons (Fsp3) is 0.250. The van der Waals surface area contributed by atoms with Crippen LogP contribution in [0.4, 0.5) is 0 Å². The van der Waals surface area contributed by atoms with E-state index >= 15 is 0 Å². The highest BCUT2D eigenvalue weighted by molar-refractivity contribution is 5.96. The van der Waals surface area contributed by atoms with E-state index < -0.39 is 5.97 Å². The van der Waals surface area contributed by atoms with Crippen LogP contribution in [0, 0.1) is 19.3 Å². The highest BCUT2D eigenvalue weighted by Crippen LogP contribution is 2.37. The predicted molar refractivity (Wildman–Crippen MR) is 108 cm³/mol. The first-order valence-electron chi connectivity index (χ1n) is 9.23. The molecular weight excluding hydrogens is 350 g/mol. The summed E-state index contributed by atoms with van der Waals surface area (Å²) in [5.74, 6) is 1.66. The molecule has 4 nitrogen and oxygen atoms in total. The molecule has 28 heavy (non-hydrogen) atoms. The molecule has 0 spiro atoms. The number of benzene rings is 2. The van der Waals surface area contributed by atoms with Gasteiger partial charge in [0.05, 0.1) is 12.1 Å². The van der Waals surface area contributed by atoms with Crippen LogP contribution >= 0.6 is 0 Å². The molecular formula is C24H23NO3. The molecule has 4 heteroatoms. The molecule has 1 unspecified atom stereocenters. The van der Waals surface area contributed by atoms with Crippen LogP contribution in [-0.4, -0.2) is 23.3 Å². The molecule has 0 radical (unpaired) electrons. The molecule has 0 aromatic heterocycles. The number of terminal acetylenes is 1. The quantitative estimate of drug-likeness (QED) is 0.589. The minimum atomic E-state index is -0.415. The van der Waals surface area contributed by atoms with E-state index in [1.165, 1.54) is 4.90 Å². The summed E-state index contributed by atoms with van der Waals surface area (Å²) in [6, 6.07) is 17.4. The zero-order chi connectivity index (χ0) is 20.1. The van der Waals surface area contributed by atoms with E-state index in [-0.39, 0.29) is 31.4 Å². The number of aryl methyl sites for hydroxylation is 1. The van der Waals surface area contributed by atoms with Crippen molar-refractivity contribution in [1.82, 2.24) is 4.90 Å². The Bertz CT molecular complexity index is 936. The monoisotopic (exact) mass is 373 g/mol. The van der Waals surface area contributed by atoms with Gasteiger partial charge in [-0.3, -0.25) is 4.79 Å². The Morgan fingerprint density at radius 3 is 2.46 bits per heavy atom. The van der Waals surface area contributed by atoms with Crippen molar-refractivity contribution in [2.24, 2.45) is 0 Å². The summed E-state index contributed by atoms with van der Waals surface area (Å²) in [6.07, 6.45) is 5.61. The van der Waals surface area contributed by atoms with E-state index in [1.807, 2.05) is 61.5 Å². The van der Waals surface area contributed by atoms with E-state index in [9.17, 15) is 9.59 Å². The molecule has 2 aromatic rings. The number of amides is 1. The van der Waals surface area contributed by atoms with Crippen molar-refractivity contribution in [3.05, 3.63) is 82.6 Å². The maximum absolute atomic E-state index is 13.0. The Balaban J connectivity index is 1.94. The number of carbonyl (C=O) groups excluding carboxylic acids is 2. The van der Waals surface area contributed by atoms with E-state index in [4.69, 9.17) is 11.2 Å². The third-order valence-corrected chi connectivity index (χ3v) is 4.98. The second-order valence-corrected chi connectivity index (χ2v) is 6.91. The van der Waals surface area contributed by atoms with Crippen molar-refractivity contribution in [3.8, 4) is 12.3 Å². The molecule has 142 valence electrons. The standard InChI is InChI=1S/C24H23NO3/c1-4-14-25-18(3)23(24(27)28-16-19-8-6-5-7-9-19)21(15-22(25)26)20-12-10-17(2)11-13-20/h1,5-13,21H,14-16H2,2-3H3. The molecule has 1 aliphatic rings. The number of esters is 1. The third-order valence-electron chi connectivity index (χ3n) is 4.98. The van der Waals surface area contributed by atoms with Gasteiger partial charge in [0, 0.05) is 18.0 Å².